The van der Waals surface area contributed by atoms with Crippen LogP contribution in [0.5, 0.6) is 0 Å². The molecule has 2 N–H and O–H groups in total. The molecule has 0 aliphatic heterocycles. The van der Waals surface area contributed by atoms with E-state index in [1.54, 1.807) is 18.0 Å². The van der Waals surface area contributed by atoms with Crippen LogP contribution in [-0.4, -0.2) is 36.1 Å². The van der Waals surface area contributed by atoms with Gasteiger partial charge in [0.15, 0.2) is 0 Å². The summed E-state index contributed by atoms with van der Waals surface area (Å²) < 4.78 is 4.79. The lowest BCUT2D eigenvalue weighted by molar-refractivity contribution is -0.142. The van der Waals surface area contributed by atoms with Gasteiger partial charge in [-0.15, -0.1) is 11.8 Å². The quantitative estimate of drug-likeness (QED) is 0.426. The molecule has 1 aromatic heterocycles. The lowest BCUT2D eigenvalue weighted by Crippen LogP contribution is -2.49. The molecule has 0 radical (unpaired) electrons. The van der Waals surface area contributed by atoms with Crippen molar-refractivity contribution in [2.45, 2.75) is 49.4 Å². The number of hydrogen-bond acceptors (Lipinski definition) is 6. The van der Waals surface area contributed by atoms with Crippen molar-refractivity contribution in [3.63, 3.8) is 0 Å². The molecule has 0 saturated carbocycles. The van der Waals surface area contributed by atoms with Gasteiger partial charge in [-0.05, 0) is 42.7 Å². The predicted octanol–water partition coefficient (Wildman–Crippen LogP) is 4.02. The summed E-state index contributed by atoms with van der Waals surface area (Å²) in [5.41, 5.74) is 1.42. The van der Waals surface area contributed by atoms with Gasteiger partial charge in [-0.2, -0.15) is 0 Å². The molecule has 29 heavy (non-hydrogen) atoms. The molecule has 0 atom stereocenters. The zero-order valence-corrected chi connectivity index (χ0v) is 18.1. The summed E-state index contributed by atoms with van der Waals surface area (Å²) in [5.74, 6) is 0.350. The number of hydrogen-bond donors (Lipinski definition) is 2. The standard InChI is InChI=1S/C22H29N3O3S/c1-4-22(5-2,14-21(27)28-3)24-15-19(26)25-18-10-8-9-17(13-18)16-29-20-11-6-7-12-23-20/h6-13,24H,4-5,14-16H2,1-3H3,(H,25,26). The molecule has 0 spiro atoms. The zero-order chi connectivity index (χ0) is 21.1. The smallest absolute Gasteiger partial charge is 0.307 e. The van der Waals surface area contributed by atoms with E-state index < -0.39 is 5.54 Å². The Morgan fingerprint density at radius 2 is 1.93 bits per heavy atom. The highest BCUT2D eigenvalue weighted by Crippen LogP contribution is 2.22. The molecule has 156 valence electrons. The van der Waals surface area contributed by atoms with E-state index in [9.17, 15) is 9.59 Å². The van der Waals surface area contributed by atoms with Crippen molar-refractivity contribution >= 4 is 29.3 Å². The maximum absolute atomic E-state index is 12.4. The number of nitrogens with one attached hydrogen (secondary N) is 2. The van der Waals surface area contributed by atoms with E-state index in [0.29, 0.717) is 0 Å². The Hall–Kier alpha value is -2.38. The second kappa shape index (κ2) is 11.6. The van der Waals surface area contributed by atoms with Gasteiger partial charge < -0.3 is 15.4 Å². The molecule has 0 unspecified atom stereocenters. The molecular formula is C22H29N3O3S. The summed E-state index contributed by atoms with van der Waals surface area (Å²) in [6, 6.07) is 13.6. The molecule has 6 nitrogen and oxygen atoms in total. The van der Waals surface area contributed by atoms with E-state index in [1.165, 1.54) is 7.11 Å². The minimum Gasteiger partial charge on any atom is -0.469 e. The Bertz CT molecular complexity index is 795. The van der Waals surface area contributed by atoms with Gasteiger partial charge in [-0.3, -0.25) is 9.59 Å². The summed E-state index contributed by atoms with van der Waals surface area (Å²) in [6.45, 7) is 4.13. The first-order chi connectivity index (χ1) is 14.0. The maximum atomic E-state index is 12.4. The summed E-state index contributed by atoms with van der Waals surface area (Å²) in [5, 5.41) is 7.14. The average molecular weight is 416 g/mol. The fraction of sp³-hybridized carbons (Fsp3) is 0.409. The third kappa shape index (κ3) is 7.51. The number of anilines is 1. The number of nitrogens with zero attached hydrogens (tertiary/aromatic N) is 1. The maximum Gasteiger partial charge on any atom is 0.307 e. The number of carbonyl (C=O) groups excluding carboxylic acids is 2. The van der Waals surface area contributed by atoms with Crippen molar-refractivity contribution < 1.29 is 14.3 Å². The highest BCUT2D eigenvalue weighted by molar-refractivity contribution is 7.98. The summed E-state index contributed by atoms with van der Waals surface area (Å²) in [6.07, 6.45) is 3.47. The van der Waals surface area contributed by atoms with Crippen LogP contribution in [0.1, 0.15) is 38.7 Å². The van der Waals surface area contributed by atoms with Gasteiger partial charge in [0.05, 0.1) is 25.1 Å². The van der Waals surface area contributed by atoms with Gasteiger partial charge in [0.2, 0.25) is 5.91 Å². The molecule has 0 aliphatic rings. The summed E-state index contributed by atoms with van der Waals surface area (Å²) in [7, 11) is 1.38. The first kappa shape index (κ1) is 22.9. The zero-order valence-electron chi connectivity index (χ0n) is 17.2. The largest absolute Gasteiger partial charge is 0.469 e. The Labute approximate surface area is 176 Å². The number of carbonyl (C=O) groups is 2. The van der Waals surface area contributed by atoms with E-state index in [1.807, 2.05) is 56.3 Å². The Morgan fingerprint density at radius 1 is 1.14 bits per heavy atom. The number of thioether (sulfide) groups is 1. The van der Waals surface area contributed by atoms with E-state index in [4.69, 9.17) is 4.74 Å². The molecule has 0 saturated heterocycles. The number of aromatic nitrogens is 1. The third-order valence-electron chi connectivity index (χ3n) is 4.92. The molecule has 0 fully saturated rings. The molecule has 0 aliphatic carbocycles. The molecule has 7 heteroatoms. The van der Waals surface area contributed by atoms with E-state index >= 15 is 0 Å². The van der Waals surface area contributed by atoms with E-state index in [0.717, 1.165) is 34.9 Å². The van der Waals surface area contributed by atoms with Crippen LogP contribution in [0.2, 0.25) is 0 Å². The van der Waals surface area contributed by atoms with Crippen LogP contribution in [0.25, 0.3) is 0 Å². The van der Waals surface area contributed by atoms with Crippen molar-refractivity contribution in [2.24, 2.45) is 0 Å². The lowest BCUT2D eigenvalue weighted by Gasteiger charge is -2.31. The molecule has 0 bridgehead atoms. The molecule has 1 amide bonds. The Morgan fingerprint density at radius 3 is 2.59 bits per heavy atom. The number of methoxy groups -OCH3 is 1. The first-order valence-electron chi connectivity index (χ1n) is 9.74. The van der Waals surface area contributed by atoms with E-state index in [-0.39, 0.29) is 24.8 Å². The van der Waals surface area contributed by atoms with Crippen LogP contribution in [0, 0.1) is 0 Å². The first-order valence-corrected chi connectivity index (χ1v) is 10.7. The number of esters is 1. The Kier molecular flexibility index (Phi) is 9.15. The van der Waals surface area contributed by atoms with Crippen LogP contribution < -0.4 is 10.6 Å². The van der Waals surface area contributed by atoms with Gasteiger partial charge in [0.1, 0.15) is 0 Å². The molecule has 1 heterocycles. The van der Waals surface area contributed by atoms with Crippen molar-refractivity contribution in [1.82, 2.24) is 10.3 Å². The van der Waals surface area contributed by atoms with Crippen LogP contribution in [0.15, 0.2) is 53.7 Å². The molecular weight excluding hydrogens is 386 g/mol. The van der Waals surface area contributed by atoms with Crippen LogP contribution in [0.3, 0.4) is 0 Å². The van der Waals surface area contributed by atoms with Gasteiger partial charge in [-0.25, -0.2) is 4.98 Å². The Balaban J connectivity index is 1.90. The summed E-state index contributed by atoms with van der Waals surface area (Å²) in [4.78, 5) is 28.5. The molecule has 1 aromatic carbocycles. The second-order valence-corrected chi connectivity index (χ2v) is 7.79. The minimum atomic E-state index is -0.439. The SMILES string of the molecule is CCC(CC)(CC(=O)OC)NCC(=O)Nc1cccc(CSc2ccccn2)c1. The number of pyridine rings is 1. The number of amides is 1. The normalized spacial score (nSPS) is 11.1. The minimum absolute atomic E-state index is 0.131. The topological polar surface area (TPSA) is 80.3 Å². The number of benzene rings is 1. The monoisotopic (exact) mass is 415 g/mol. The van der Waals surface area contributed by atoms with Crippen molar-refractivity contribution in [1.29, 1.82) is 0 Å². The number of ether oxygens (including phenoxy) is 1. The van der Waals surface area contributed by atoms with Gasteiger partial charge in [0.25, 0.3) is 0 Å². The predicted molar refractivity (Wildman–Crippen MR) is 117 cm³/mol. The van der Waals surface area contributed by atoms with Crippen LogP contribution in [-0.2, 0) is 20.1 Å². The fourth-order valence-corrected chi connectivity index (χ4v) is 3.77. The summed E-state index contributed by atoms with van der Waals surface area (Å²) >= 11 is 1.65. The lowest BCUT2D eigenvalue weighted by atomic mass is 9.89. The molecule has 2 rings (SSSR count). The fourth-order valence-electron chi connectivity index (χ4n) is 2.96. The highest BCUT2D eigenvalue weighted by atomic mass is 32.2. The third-order valence-corrected chi connectivity index (χ3v) is 5.94. The van der Waals surface area contributed by atoms with Gasteiger partial charge >= 0.3 is 5.97 Å². The van der Waals surface area contributed by atoms with Gasteiger partial charge in [-0.1, -0.05) is 32.0 Å². The van der Waals surface area contributed by atoms with Crippen molar-refractivity contribution in [2.75, 3.05) is 19.0 Å². The van der Waals surface area contributed by atoms with Gasteiger partial charge in [0, 0.05) is 23.2 Å². The van der Waals surface area contributed by atoms with Crippen LogP contribution >= 0.6 is 11.8 Å². The van der Waals surface area contributed by atoms with Crippen molar-refractivity contribution in [3.8, 4) is 0 Å². The van der Waals surface area contributed by atoms with E-state index in [2.05, 4.69) is 15.6 Å². The molecule has 2 aromatic rings. The highest BCUT2D eigenvalue weighted by Gasteiger charge is 2.29. The van der Waals surface area contributed by atoms with Crippen molar-refractivity contribution in [3.05, 3.63) is 54.2 Å². The number of rotatable bonds is 11. The second-order valence-electron chi connectivity index (χ2n) is 6.80. The van der Waals surface area contributed by atoms with Crippen LogP contribution in [0.4, 0.5) is 5.69 Å². The average Bonchev–Trinajstić information content (AvgIpc) is 2.76.